The van der Waals surface area contributed by atoms with Gasteiger partial charge >= 0.3 is 0 Å². The van der Waals surface area contributed by atoms with Gasteiger partial charge in [0.2, 0.25) is 0 Å². The van der Waals surface area contributed by atoms with E-state index < -0.39 is 0 Å². The van der Waals surface area contributed by atoms with Gasteiger partial charge in [0.15, 0.2) is 6.29 Å². The summed E-state index contributed by atoms with van der Waals surface area (Å²) in [5, 5.41) is 0. The molecule has 80 valence electrons. The third-order valence-corrected chi connectivity index (χ3v) is 2.97. The predicted octanol–water partition coefficient (Wildman–Crippen LogP) is 2.74. The molecule has 0 saturated carbocycles. The zero-order valence-electron chi connectivity index (χ0n) is 9.16. The minimum atomic E-state index is 0.0491. The van der Waals surface area contributed by atoms with Crippen molar-refractivity contribution in [3.8, 4) is 0 Å². The fourth-order valence-corrected chi connectivity index (χ4v) is 2.04. The Balaban J connectivity index is 1.85. The van der Waals surface area contributed by atoms with E-state index in [0.29, 0.717) is 5.92 Å². The second-order valence-electron chi connectivity index (χ2n) is 5.20. The summed E-state index contributed by atoms with van der Waals surface area (Å²) in [6.45, 7) is 6.03. The van der Waals surface area contributed by atoms with Crippen molar-refractivity contribution in [2.75, 3.05) is 13.2 Å². The van der Waals surface area contributed by atoms with Crippen LogP contribution in [0.15, 0.2) is 12.2 Å². The maximum atomic E-state index is 5.78. The lowest BCUT2D eigenvalue weighted by atomic mass is 9.91. The van der Waals surface area contributed by atoms with Crippen LogP contribution in [0.4, 0.5) is 0 Å². The van der Waals surface area contributed by atoms with E-state index in [-0.39, 0.29) is 11.7 Å². The molecule has 1 atom stereocenters. The van der Waals surface area contributed by atoms with Crippen LogP contribution < -0.4 is 0 Å². The molecule has 2 aliphatic rings. The lowest BCUT2D eigenvalue weighted by Gasteiger charge is -2.38. The van der Waals surface area contributed by atoms with Gasteiger partial charge in [-0.25, -0.2) is 0 Å². The first-order chi connectivity index (χ1) is 6.67. The lowest BCUT2D eigenvalue weighted by molar-refractivity contribution is -0.243. The maximum Gasteiger partial charge on any atom is 0.160 e. The highest BCUT2D eigenvalue weighted by molar-refractivity contribution is 4.91. The van der Waals surface area contributed by atoms with E-state index >= 15 is 0 Å². The van der Waals surface area contributed by atoms with Crippen LogP contribution in [-0.2, 0) is 9.47 Å². The molecule has 0 bridgehead atoms. The molecular weight excluding hydrogens is 176 g/mol. The molecule has 0 radical (unpaired) electrons. The lowest BCUT2D eigenvalue weighted by Crippen LogP contribution is -2.41. The van der Waals surface area contributed by atoms with E-state index in [4.69, 9.17) is 9.47 Å². The summed E-state index contributed by atoms with van der Waals surface area (Å²) in [5.74, 6) is 0.580. The van der Waals surface area contributed by atoms with Gasteiger partial charge in [0.1, 0.15) is 0 Å². The average Bonchev–Trinajstić information content (AvgIpc) is 2.19. The number of ether oxygens (including phenoxy) is 2. The first-order valence-electron chi connectivity index (χ1n) is 5.56. The van der Waals surface area contributed by atoms with Crippen LogP contribution in [0.5, 0.6) is 0 Å². The molecule has 2 heteroatoms. The highest BCUT2D eigenvalue weighted by Crippen LogP contribution is 2.31. The zero-order valence-corrected chi connectivity index (χ0v) is 9.16. The largest absolute Gasteiger partial charge is 0.352 e. The highest BCUT2D eigenvalue weighted by atomic mass is 16.7. The molecule has 1 fully saturated rings. The Bertz CT molecular complexity index is 210. The first-order valence-corrected chi connectivity index (χ1v) is 5.56. The summed E-state index contributed by atoms with van der Waals surface area (Å²) in [7, 11) is 0. The molecule has 2 rings (SSSR count). The standard InChI is InChI=1S/C12H20O2/c1-12(2)8-13-11(14-9-12)10-6-4-3-5-7-10/h3-4,10-11H,5-9H2,1-2H3/t10-/m1/s1. The average molecular weight is 196 g/mol. The normalized spacial score (nSPS) is 33.1. The Morgan fingerprint density at radius 1 is 1.14 bits per heavy atom. The van der Waals surface area contributed by atoms with Crippen LogP contribution in [0, 0.1) is 11.3 Å². The molecule has 0 unspecified atom stereocenters. The van der Waals surface area contributed by atoms with Crippen LogP contribution >= 0.6 is 0 Å². The molecule has 1 heterocycles. The minimum absolute atomic E-state index is 0.0491. The van der Waals surface area contributed by atoms with E-state index in [9.17, 15) is 0 Å². The molecule has 1 saturated heterocycles. The molecule has 2 nitrogen and oxygen atoms in total. The van der Waals surface area contributed by atoms with Crippen LogP contribution in [0.2, 0.25) is 0 Å². The fourth-order valence-electron chi connectivity index (χ4n) is 2.04. The van der Waals surface area contributed by atoms with Crippen molar-refractivity contribution in [3.05, 3.63) is 12.2 Å². The molecule has 14 heavy (non-hydrogen) atoms. The highest BCUT2D eigenvalue weighted by Gasteiger charge is 2.32. The summed E-state index contributed by atoms with van der Waals surface area (Å²) < 4.78 is 11.6. The topological polar surface area (TPSA) is 18.5 Å². The zero-order chi connectivity index (χ0) is 10.0. The molecule has 0 aromatic carbocycles. The third kappa shape index (κ3) is 2.37. The first kappa shape index (κ1) is 10.2. The second kappa shape index (κ2) is 4.03. The van der Waals surface area contributed by atoms with Gasteiger partial charge in [0.25, 0.3) is 0 Å². The van der Waals surface area contributed by atoms with Crippen molar-refractivity contribution >= 4 is 0 Å². The fraction of sp³-hybridized carbons (Fsp3) is 0.833. The second-order valence-corrected chi connectivity index (χ2v) is 5.20. The number of hydrogen-bond donors (Lipinski definition) is 0. The van der Waals surface area contributed by atoms with Crippen molar-refractivity contribution in [2.24, 2.45) is 11.3 Å². The molecular formula is C12H20O2. The number of rotatable bonds is 1. The molecule has 1 aliphatic heterocycles. The number of allylic oxidation sites excluding steroid dienone is 2. The van der Waals surface area contributed by atoms with Crippen molar-refractivity contribution in [2.45, 2.75) is 39.4 Å². The summed E-state index contributed by atoms with van der Waals surface area (Å²) >= 11 is 0. The Labute approximate surface area is 86.3 Å². The molecule has 0 amide bonds. The monoisotopic (exact) mass is 196 g/mol. The van der Waals surface area contributed by atoms with Crippen molar-refractivity contribution in [1.29, 1.82) is 0 Å². The third-order valence-electron chi connectivity index (χ3n) is 2.97. The smallest absolute Gasteiger partial charge is 0.160 e. The van der Waals surface area contributed by atoms with Gasteiger partial charge in [-0.1, -0.05) is 26.0 Å². The van der Waals surface area contributed by atoms with Crippen LogP contribution in [0.3, 0.4) is 0 Å². The van der Waals surface area contributed by atoms with Gasteiger partial charge in [-0.05, 0) is 19.3 Å². The van der Waals surface area contributed by atoms with Crippen LogP contribution in [0.1, 0.15) is 33.1 Å². The van der Waals surface area contributed by atoms with E-state index in [1.807, 2.05) is 0 Å². The van der Waals surface area contributed by atoms with E-state index in [1.165, 1.54) is 12.8 Å². The van der Waals surface area contributed by atoms with Gasteiger partial charge < -0.3 is 9.47 Å². The van der Waals surface area contributed by atoms with Crippen LogP contribution in [0.25, 0.3) is 0 Å². The molecule has 0 N–H and O–H groups in total. The molecule has 0 aromatic heterocycles. The summed E-state index contributed by atoms with van der Waals surface area (Å²) in [6, 6.07) is 0. The summed E-state index contributed by atoms with van der Waals surface area (Å²) in [5.41, 5.74) is 0.195. The minimum Gasteiger partial charge on any atom is -0.352 e. The Kier molecular flexibility index (Phi) is 2.93. The summed E-state index contributed by atoms with van der Waals surface area (Å²) in [6.07, 6.45) is 8.06. The molecule has 1 aliphatic carbocycles. The van der Waals surface area contributed by atoms with E-state index in [2.05, 4.69) is 26.0 Å². The Hall–Kier alpha value is -0.340. The van der Waals surface area contributed by atoms with Gasteiger partial charge in [-0.15, -0.1) is 0 Å². The maximum absolute atomic E-state index is 5.78. The SMILES string of the molecule is CC1(C)COC([C@@H]2CC=CCC2)OC1. The van der Waals surface area contributed by atoms with Crippen LogP contribution in [-0.4, -0.2) is 19.5 Å². The van der Waals surface area contributed by atoms with Crippen molar-refractivity contribution in [3.63, 3.8) is 0 Å². The number of hydrogen-bond acceptors (Lipinski definition) is 2. The van der Waals surface area contributed by atoms with Gasteiger partial charge in [-0.2, -0.15) is 0 Å². The van der Waals surface area contributed by atoms with Gasteiger partial charge in [-0.3, -0.25) is 0 Å². The molecule has 0 aromatic rings. The Morgan fingerprint density at radius 2 is 1.86 bits per heavy atom. The van der Waals surface area contributed by atoms with Gasteiger partial charge in [0, 0.05) is 11.3 Å². The van der Waals surface area contributed by atoms with Crippen molar-refractivity contribution < 1.29 is 9.47 Å². The Morgan fingerprint density at radius 3 is 2.43 bits per heavy atom. The van der Waals surface area contributed by atoms with E-state index in [1.54, 1.807) is 0 Å². The van der Waals surface area contributed by atoms with Gasteiger partial charge in [0.05, 0.1) is 13.2 Å². The quantitative estimate of drug-likeness (QED) is 0.600. The molecule has 0 spiro atoms. The van der Waals surface area contributed by atoms with Crippen molar-refractivity contribution in [1.82, 2.24) is 0 Å². The predicted molar refractivity (Wildman–Crippen MR) is 56.0 cm³/mol. The summed E-state index contributed by atoms with van der Waals surface area (Å²) in [4.78, 5) is 0. The van der Waals surface area contributed by atoms with E-state index in [0.717, 1.165) is 19.6 Å².